The minimum absolute atomic E-state index is 0.0247. The third kappa shape index (κ3) is 3.13. The third-order valence-electron chi connectivity index (χ3n) is 2.61. The minimum atomic E-state index is -0.208. The zero-order chi connectivity index (χ0) is 13.2. The molecule has 0 aromatic heterocycles. The third-order valence-corrected chi connectivity index (χ3v) is 2.96. The van der Waals surface area contributed by atoms with Crippen molar-refractivity contribution in [1.82, 2.24) is 4.90 Å². The second kappa shape index (κ2) is 4.96. The van der Waals surface area contributed by atoms with E-state index in [0.717, 1.165) is 0 Å². The highest BCUT2D eigenvalue weighted by atomic mass is 35.5. The van der Waals surface area contributed by atoms with Crippen molar-refractivity contribution in [3.05, 3.63) is 28.8 Å². The van der Waals surface area contributed by atoms with Crippen LogP contribution in [0.4, 0.5) is 5.69 Å². The van der Waals surface area contributed by atoms with Gasteiger partial charge in [-0.05, 0) is 45.9 Å². The van der Waals surface area contributed by atoms with Crippen LogP contribution in [-0.4, -0.2) is 22.9 Å². The van der Waals surface area contributed by atoms with Gasteiger partial charge >= 0.3 is 0 Å². The van der Waals surface area contributed by atoms with Crippen LogP contribution in [0.1, 0.15) is 38.1 Å². The molecule has 0 saturated heterocycles. The van der Waals surface area contributed by atoms with Gasteiger partial charge in [0, 0.05) is 17.6 Å². The van der Waals surface area contributed by atoms with Crippen molar-refractivity contribution in [1.29, 1.82) is 0 Å². The summed E-state index contributed by atoms with van der Waals surface area (Å²) in [6.07, 6.45) is 0. The molecule has 0 aliphatic heterocycles. The summed E-state index contributed by atoms with van der Waals surface area (Å²) in [5.74, 6) is -0.0247. The number of hydrogen-bond donors (Lipinski definition) is 1. The summed E-state index contributed by atoms with van der Waals surface area (Å²) in [5, 5.41) is 0.473. The molecule has 1 amide bonds. The summed E-state index contributed by atoms with van der Waals surface area (Å²) < 4.78 is 0. The van der Waals surface area contributed by atoms with Crippen LogP contribution in [0.3, 0.4) is 0 Å². The molecule has 0 fully saturated rings. The molecule has 17 heavy (non-hydrogen) atoms. The van der Waals surface area contributed by atoms with Crippen LogP contribution < -0.4 is 5.73 Å². The Morgan fingerprint density at radius 3 is 2.41 bits per heavy atom. The van der Waals surface area contributed by atoms with Crippen molar-refractivity contribution < 1.29 is 4.79 Å². The number of carbonyl (C=O) groups excluding carboxylic acids is 1. The van der Waals surface area contributed by atoms with E-state index >= 15 is 0 Å². The zero-order valence-electron chi connectivity index (χ0n) is 10.7. The second-order valence-electron chi connectivity index (χ2n) is 4.96. The highest BCUT2D eigenvalue weighted by Gasteiger charge is 2.25. The maximum atomic E-state index is 12.3. The zero-order valence-corrected chi connectivity index (χ0v) is 11.5. The fourth-order valence-electron chi connectivity index (χ4n) is 1.76. The molecule has 0 unspecified atom stereocenters. The lowest BCUT2D eigenvalue weighted by atomic mass is 10.0. The van der Waals surface area contributed by atoms with Crippen LogP contribution in [-0.2, 0) is 0 Å². The van der Waals surface area contributed by atoms with Crippen LogP contribution in [0.15, 0.2) is 18.2 Å². The summed E-state index contributed by atoms with van der Waals surface area (Å²) in [7, 11) is 0. The SMILES string of the molecule is CCN(C(=O)c1ccc(Cl)c(N)c1)C(C)(C)C. The molecule has 3 nitrogen and oxygen atoms in total. The average molecular weight is 255 g/mol. The van der Waals surface area contributed by atoms with Gasteiger partial charge in [0.15, 0.2) is 0 Å². The molecule has 4 heteroatoms. The summed E-state index contributed by atoms with van der Waals surface area (Å²) in [5.41, 5.74) is 6.50. The number of nitrogen functional groups attached to an aromatic ring is 1. The van der Waals surface area contributed by atoms with E-state index in [9.17, 15) is 4.79 Å². The first-order chi connectivity index (χ1) is 7.77. The van der Waals surface area contributed by atoms with Crippen molar-refractivity contribution in [3.8, 4) is 0 Å². The number of rotatable bonds is 2. The van der Waals surface area contributed by atoms with Crippen molar-refractivity contribution in [2.24, 2.45) is 0 Å². The van der Waals surface area contributed by atoms with Crippen LogP contribution in [0.25, 0.3) is 0 Å². The summed E-state index contributed by atoms with van der Waals surface area (Å²) in [6.45, 7) is 8.64. The number of benzene rings is 1. The van der Waals surface area contributed by atoms with E-state index in [2.05, 4.69) is 0 Å². The molecule has 0 aliphatic carbocycles. The lowest BCUT2D eigenvalue weighted by Gasteiger charge is -2.35. The van der Waals surface area contributed by atoms with E-state index in [1.807, 2.05) is 27.7 Å². The highest BCUT2D eigenvalue weighted by molar-refractivity contribution is 6.33. The molecule has 0 heterocycles. The Bertz CT molecular complexity index is 424. The predicted molar refractivity (Wildman–Crippen MR) is 72.3 cm³/mol. The van der Waals surface area contributed by atoms with Gasteiger partial charge in [-0.2, -0.15) is 0 Å². The molecule has 0 atom stereocenters. The number of carbonyl (C=O) groups is 1. The maximum absolute atomic E-state index is 12.3. The molecule has 0 spiro atoms. The maximum Gasteiger partial charge on any atom is 0.254 e. The van der Waals surface area contributed by atoms with Crippen LogP contribution in [0.5, 0.6) is 0 Å². The lowest BCUT2D eigenvalue weighted by Crippen LogP contribution is -2.45. The van der Waals surface area contributed by atoms with Gasteiger partial charge in [0.2, 0.25) is 0 Å². The normalized spacial score (nSPS) is 11.4. The van der Waals surface area contributed by atoms with E-state index in [1.54, 1.807) is 23.1 Å². The van der Waals surface area contributed by atoms with Crippen LogP contribution in [0.2, 0.25) is 5.02 Å². The van der Waals surface area contributed by atoms with Crippen LogP contribution in [0, 0.1) is 0 Å². The number of nitrogens with two attached hydrogens (primary N) is 1. The topological polar surface area (TPSA) is 46.3 Å². The van der Waals surface area contributed by atoms with Gasteiger partial charge in [-0.1, -0.05) is 11.6 Å². The molecule has 1 aromatic carbocycles. The standard InChI is InChI=1S/C13H19ClN2O/c1-5-16(13(2,3)4)12(17)9-6-7-10(14)11(15)8-9/h6-8H,5,15H2,1-4H3. The molecule has 1 rings (SSSR count). The summed E-state index contributed by atoms with van der Waals surface area (Å²) in [6, 6.07) is 4.98. The quantitative estimate of drug-likeness (QED) is 0.824. The monoisotopic (exact) mass is 254 g/mol. The molecule has 0 bridgehead atoms. The number of hydrogen-bond acceptors (Lipinski definition) is 2. The Morgan fingerprint density at radius 2 is 2.00 bits per heavy atom. The average Bonchev–Trinajstić information content (AvgIpc) is 2.20. The number of halogens is 1. The van der Waals surface area contributed by atoms with E-state index in [0.29, 0.717) is 22.8 Å². The van der Waals surface area contributed by atoms with Crippen molar-refractivity contribution in [3.63, 3.8) is 0 Å². The molecule has 2 N–H and O–H groups in total. The first-order valence-corrected chi connectivity index (χ1v) is 6.02. The first-order valence-electron chi connectivity index (χ1n) is 5.64. The smallest absolute Gasteiger partial charge is 0.254 e. The lowest BCUT2D eigenvalue weighted by molar-refractivity contribution is 0.0599. The fraction of sp³-hybridized carbons (Fsp3) is 0.462. The Morgan fingerprint density at radius 1 is 1.41 bits per heavy atom. The Labute approximate surface area is 108 Å². The largest absolute Gasteiger partial charge is 0.398 e. The second-order valence-corrected chi connectivity index (χ2v) is 5.36. The van der Waals surface area contributed by atoms with E-state index in [-0.39, 0.29) is 11.4 Å². The van der Waals surface area contributed by atoms with Gasteiger partial charge in [0.25, 0.3) is 5.91 Å². The van der Waals surface area contributed by atoms with Gasteiger partial charge in [0.05, 0.1) is 10.7 Å². The number of nitrogens with zero attached hydrogens (tertiary/aromatic N) is 1. The van der Waals surface area contributed by atoms with Crippen LogP contribution >= 0.6 is 11.6 Å². The van der Waals surface area contributed by atoms with E-state index < -0.39 is 0 Å². The molecule has 0 saturated carbocycles. The van der Waals surface area contributed by atoms with Gasteiger partial charge in [-0.3, -0.25) is 4.79 Å². The Kier molecular flexibility index (Phi) is 4.04. The molecular weight excluding hydrogens is 236 g/mol. The molecular formula is C13H19ClN2O. The molecule has 94 valence electrons. The highest BCUT2D eigenvalue weighted by Crippen LogP contribution is 2.22. The molecule has 0 aliphatic rings. The van der Waals surface area contributed by atoms with Gasteiger partial charge < -0.3 is 10.6 Å². The molecule has 1 aromatic rings. The number of anilines is 1. The van der Waals surface area contributed by atoms with Gasteiger partial charge in [-0.15, -0.1) is 0 Å². The molecule has 0 radical (unpaired) electrons. The van der Waals surface area contributed by atoms with Crippen molar-refractivity contribution >= 4 is 23.2 Å². The first kappa shape index (κ1) is 13.8. The summed E-state index contributed by atoms with van der Waals surface area (Å²) >= 11 is 5.84. The van der Waals surface area contributed by atoms with E-state index in [4.69, 9.17) is 17.3 Å². The summed E-state index contributed by atoms with van der Waals surface area (Å²) in [4.78, 5) is 14.1. The van der Waals surface area contributed by atoms with Gasteiger partial charge in [-0.25, -0.2) is 0 Å². The van der Waals surface area contributed by atoms with Crippen molar-refractivity contribution in [2.75, 3.05) is 12.3 Å². The predicted octanol–water partition coefficient (Wildman–Crippen LogP) is 3.18. The van der Waals surface area contributed by atoms with Crippen molar-refractivity contribution in [2.45, 2.75) is 33.2 Å². The number of amides is 1. The van der Waals surface area contributed by atoms with E-state index in [1.165, 1.54) is 0 Å². The Hall–Kier alpha value is -1.22. The fourth-order valence-corrected chi connectivity index (χ4v) is 1.87. The van der Waals surface area contributed by atoms with Gasteiger partial charge in [0.1, 0.15) is 0 Å². The minimum Gasteiger partial charge on any atom is -0.398 e. The Balaban J connectivity index is 3.07.